The highest BCUT2D eigenvalue weighted by atomic mass is 15.1. The van der Waals surface area contributed by atoms with Gasteiger partial charge in [0.15, 0.2) is 0 Å². The maximum atomic E-state index is 2.45. The topological polar surface area (TPSA) is 3.24 Å². The van der Waals surface area contributed by atoms with E-state index < -0.39 is 5.41 Å². The lowest BCUT2D eigenvalue weighted by Gasteiger charge is -2.35. The van der Waals surface area contributed by atoms with Gasteiger partial charge in [-0.1, -0.05) is 115 Å². The molecule has 1 nitrogen and oxygen atoms in total. The third-order valence-corrected chi connectivity index (χ3v) is 8.48. The summed E-state index contributed by atoms with van der Waals surface area (Å²) in [5.41, 5.74) is 11.2. The first-order valence-corrected chi connectivity index (χ1v) is 13.8. The van der Waals surface area contributed by atoms with Gasteiger partial charge < -0.3 is 4.90 Å². The molecule has 0 saturated carbocycles. The Morgan fingerprint density at radius 3 is 2.18 bits per heavy atom. The van der Waals surface area contributed by atoms with Crippen molar-refractivity contribution in [3.05, 3.63) is 167 Å². The smallest absolute Gasteiger partial charge is 0.0714 e. The zero-order chi connectivity index (χ0) is 26.4. The van der Waals surface area contributed by atoms with E-state index in [0.717, 1.165) is 6.42 Å². The molecule has 0 fully saturated rings. The molecule has 0 spiro atoms. The second kappa shape index (κ2) is 9.29. The maximum absolute atomic E-state index is 2.45. The van der Waals surface area contributed by atoms with Crippen molar-refractivity contribution in [2.45, 2.75) is 18.8 Å². The van der Waals surface area contributed by atoms with Gasteiger partial charge in [0, 0.05) is 18.4 Å². The lowest BCUT2D eigenvalue weighted by atomic mass is 9.66. The fraction of sp³-hybridized carbons (Fsp3) is 0.105. The van der Waals surface area contributed by atoms with Crippen molar-refractivity contribution in [2.24, 2.45) is 0 Å². The number of fused-ring (bicyclic) bond motifs is 5. The van der Waals surface area contributed by atoms with Crippen LogP contribution in [0.15, 0.2) is 145 Å². The molecule has 0 aromatic heterocycles. The van der Waals surface area contributed by atoms with Gasteiger partial charge in [0.2, 0.25) is 0 Å². The summed E-state index contributed by atoms with van der Waals surface area (Å²) in [6.45, 7) is 2.26. The zero-order valence-corrected chi connectivity index (χ0v) is 22.4. The van der Waals surface area contributed by atoms with Crippen molar-refractivity contribution < 1.29 is 0 Å². The van der Waals surface area contributed by atoms with Crippen molar-refractivity contribution in [2.75, 3.05) is 11.9 Å². The van der Waals surface area contributed by atoms with Crippen LogP contribution in [-0.4, -0.2) is 7.05 Å². The minimum atomic E-state index is -0.431. The van der Waals surface area contributed by atoms with Crippen LogP contribution in [0.4, 0.5) is 11.4 Å². The first-order chi connectivity index (χ1) is 19.2. The van der Waals surface area contributed by atoms with Gasteiger partial charge in [-0.15, -0.1) is 0 Å². The van der Waals surface area contributed by atoms with Gasteiger partial charge in [0.1, 0.15) is 0 Å². The SMILES string of the molecule is Cc1cc2c(c3ccccc13)-c1ccc(N(C)c3ccccc3)cc1C2(C1=CC=CCC=C1)c1ccccc1. The van der Waals surface area contributed by atoms with Crippen LogP contribution in [0.1, 0.15) is 28.7 Å². The number of nitrogens with zero attached hydrogens (tertiary/aromatic N) is 1. The Hall–Kier alpha value is -4.62. The fourth-order valence-corrected chi connectivity index (χ4v) is 6.66. The van der Waals surface area contributed by atoms with Crippen molar-refractivity contribution in [1.82, 2.24) is 0 Å². The van der Waals surface area contributed by atoms with Gasteiger partial charge in [-0.25, -0.2) is 0 Å². The van der Waals surface area contributed by atoms with E-state index in [0.29, 0.717) is 0 Å². The Balaban J connectivity index is 1.62. The van der Waals surface area contributed by atoms with Crippen LogP contribution in [-0.2, 0) is 5.41 Å². The Morgan fingerprint density at radius 2 is 1.38 bits per heavy atom. The summed E-state index contributed by atoms with van der Waals surface area (Å²) in [6.07, 6.45) is 12.4. The Kier molecular flexibility index (Phi) is 5.60. The Morgan fingerprint density at radius 1 is 0.667 bits per heavy atom. The molecular formula is C38H31N. The van der Waals surface area contributed by atoms with Gasteiger partial charge in [0.05, 0.1) is 5.41 Å². The molecule has 5 aromatic rings. The molecule has 0 aliphatic heterocycles. The third-order valence-electron chi connectivity index (χ3n) is 8.48. The number of allylic oxidation sites excluding steroid dienone is 6. The van der Waals surface area contributed by atoms with Crippen LogP contribution in [0.3, 0.4) is 0 Å². The second-order valence-electron chi connectivity index (χ2n) is 10.6. The molecule has 2 aliphatic carbocycles. The molecule has 188 valence electrons. The quantitative estimate of drug-likeness (QED) is 0.237. The molecule has 0 N–H and O–H groups in total. The number of hydrogen-bond acceptors (Lipinski definition) is 1. The van der Waals surface area contributed by atoms with Gasteiger partial charge >= 0.3 is 0 Å². The summed E-state index contributed by atoms with van der Waals surface area (Å²) in [7, 11) is 2.16. The summed E-state index contributed by atoms with van der Waals surface area (Å²) < 4.78 is 0. The molecular weight excluding hydrogens is 470 g/mol. The molecule has 0 bridgehead atoms. The van der Waals surface area contributed by atoms with Gasteiger partial charge in [-0.05, 0) is 87.3 Å². The molecule has 5 aromatic carbocycles. The van der Waals surface area contributed by atoms with Crippen molar-refractivity contribution in [1.29, 1.82) is 0 Å². The fourth-order valence-electron chi connectivity index (χ4n) is 6.66. The van der Waals surface area contributed by atoms with Crippen LogP contribution in [0.25, 0.3) is 21.9 Å². The van der Waals surface area contributed by atoms with Crippen LogP contribution in [0.5, 0.6) is 0 Å². The van der Waals surface area contributed by atoms with E-state index >= 15 is 0 Å². The maximum Gasteiger partial charge on any atom is 0.0714 e. The first kappa shape index (κ1) is 23.5. The highest BCUT2D eigenvalue weighted by Gasteiger charge is 2.47. The minimum absolute atomic E-state index is 0.431. The van der Waals surface area contributed by atoms with E-state index in [-0.39, 0.29) is 0 Å². The predicted octanol–water partition coefficient (Wildman–Crippen LogP) is 9.67. The molecule has 1 unspecified atom stereocenters. The predicted molar refractivity (Wildman–Crippen MR) is 166 cm³/mol. The average Bonchev–Trinajstić information content (AvgIpc) is 3.11. The number of anilines is 2. The third kappa shape index (κ3) is 3.54. The molecule has 0 heterocycles. The molecule has 0 amide bonds. The van der Waals surface area contributed by atoms with Gasteiger partial charge in [-0.2, -0.15) is 0 Å². The monoisotopic (exact) mass is 501 g/mol. The van der Waals surface area contributed by atoms with E-state index in [1.54, 1.807) is 0 Å². The van der Waals surface area contributed by atoms with Crippen LogP contribution >= 0.6 is 0 Å². The molecule has 0 radical (unpaired) electrons. The van der Waals surface area contributed by atoms with Crippen LogP contribution in [0, 0.1) is 6.92 Å². The molecule has 39 heavy (non-hydrogen) atoms. The van der Waals surface area contributed by atoms with Gasteiger partial charge in [0.25, 0.3) is 0 Å². The lowest BCUT2D eigenvalue weighted by molar-refractivity contribution is 0.766. The summed E-state index contributed by atoms with van der Waals surface area (Å²) in [5.74, 6) is 0. The van der Waals surface area contributed by atoms with Gasteiger partial charge in [-0.3, -0.25) is 0 Å². The standard InChI is InChI=1S/C38H31N/c1-27-25-36-37(33-22-14-13-21-32(27)33)34-24-23-31(39(2)30-19-11-6-12-20-30)26-35(34)38(36,29-17-9-5-10-18-29)28-15-7-3-4-8-16-28/h3,5-26H,4H2,1-2H3. The van der Waals surface area contributed by atoms with E-state index in [2.05, 4.69) is 158 Å². The largest absolute Gasteiger partial charge is 0.345 e. The summed E-state index contributed by atoms with van der Waals surface area (Å²) in [5, 5.41) is 2.64. The van der Waals surface area contributed by atoms with E-state index in [1.807, 2.05) is 0 Å². The number of benzene rings is 5. The molecule has 7 rings (SSSR count). The molecule has 2 aliphatic rings. The van der Waals surface area contributed by atoms with Crippen molar-refractivity contribution >= 4 is 22.1 Å². The number of aryl methyl sites for hydroxylation is 1. The first-order valence-electron chi connectivity index (χ1n) is 13.8. The molecule has 1 atom stereocenters. The average molecular weight is 502 g/mol. The molecule has 0 saturated heterocycles. The number of rotatable bonds is 4. The summed E-state index contributed by atoms with van der Waals surface area (Å²) in [4.78, 5) is 2.29. The summed E-state index contributed by atoms with van der Waals surface area (Å²) in [6, 6.07) is 40.1. The number of hydrogen-bond donors (Lipinski definition) is 0. The summed E-state index contributed by atoms with van der Waals surface area (Å²) >= 11 is 0. The van der Waals surface area contributed by atoms with E-state index in [9.17, 15) is 0 Å². The lowest BCUT2D eigenvalue weighted by Crippen LogP contribution is -2.29. The highest BCUT2D eigenvalue weighted by Crippen LogP contribution is 2.59. The Labute approximate surface area is 231 Å². The zero-order valence-electron chi connectivity index (χ0n) is 22.4. The Bertz CT molecular complexity index is 1790. The normalized spacial score (nSPS) is 17.4. The van der Waals surface area contributed by atoms with E-state index in [4.69, 9.17) is 0 Å². The highest BCUT2D eigenvalue weighted by molar-refractivity contribution is 6.05. The van der Waals surface area contributed by atoms with Crippen molar-refractivity contribution in [3.8, 4) is 11.1 Å². The van der Waals surface area contributed by atoms with Crippen LogP contribution < -0.4 is 4.90 Å². The number of para-hydroxylation sites is 1. The minimum Gasteiger partial charge on any atom is -0.345 e. The van der Waals surface area contributed by atoms with E-state index in [1.165, 1.54) is 61.1 Å². The second-order valence-corrected chi connectivity index (χ2v) is 10.6. The van der Waals surface area contributed by atoms with Crippen LogP contribution in [0.2, 0.25) is 0 Å². The van der Waals surface area contributed by atoms with Crippen molar-refractivity contribution in [3.63, 3.8) is 0 Å². The molecule has 1 heteroatoms.